The van der Waals surface area contributed by atoms with Crippen molar-refractivity contribution in [2.24, 2.45) is 10.7 Å². The number of rotatable bonds is 6. The molecule has 0 aliphatic carbocycles. The van der Waals surface area contributed by atoms with Gasteiger partial charge in [-0.3, -0.25) is 4.79 Å². The van der Waals surface area contributed by atoms with Gasteiger partial charge in [0, 0.05) is 30.7 Å². The summed E-state index contributed by atoms with van der Waals surface area (Å²) in [4.78, 5) is 21.2. The maximum absolute atomic E-state index is 12.6. The molecule has 0 saturated heterocycles. The van der Waals surface area contributed by atoms with Gasteiger partial charge in [-0.25, -0.2) is 14.7 Å². The summed E-state index contributed by atoms with van der Waals surface area (Å²) >= 11 is 0. The first-order valence-corrected chi connectivity index (χ1v) is 9.48. The second-order valence-corrected chi connectivity index (χ2v) is 6.49. The Morgan fingerprint density at radius 1 is 1.13 bits per heavy atom. The maximum atomic E-state index is 12.6. The maximum Gasteiger partial charge on any atom is 0.209 e. The molecular formula is C23H20N6O2. The van der Waals surface area contributed by atoms with Gasteiger partial charge in [-0.05, 0) is 36.5 Å². The summed E-state index contributed by atoms with van der Waals surface area (Å²) in [5, 5.41) is 4.53. The molecule has 2 aromatic heterocycles. The van der Waals surface area contributed by atoms with E-state index in [1.165, 1.54) is 12.3 Å². The minimum atomic E-state index is -0.266. The van der Waals surface area contributed by atoms with Crippen molar-refractivity contribution >= 4 is 11.4 Å². The molecule has 0 aliphatic heterocycles. The number of ether oxygens (including phenoxy) is 1. The van der Waals surface area contributed by atoms with E-state index in [0.29, 0.717) is 22.8 Å². The Kier molecular flexibility index (Phi) is 5.70. The lowest BCUT2D eigenvalue weighted by Gasteiger charge is -2.13. The molecule has 2 heterocycles. The fourth-order valence-corrected chi connectivity index (χ4v) is 3.05. The number of allylic oxidation sites excluding steroid dienone is 1. The van der Waals surface area contributed by atoms with Crippen LogP contribution in [-0.2, 0) is 0 Å². The van der Waals surface area contributed by atoms with Gasteiger partial charge in [-0.2, -0.15) is 5.10 Å². The molecule has 0 fully saturated rings. The third-order valence-corrected chi connectivity index (χ3v) is 4.52. The quantitative estimate of drug-likeness (QED) is 0.491. The van der Waals surface area contributed by atoms with Gasteiger partial charge in [0.25, 0.3) is 0 Å². The standard InChI is InChI=1S/C23H20N6O2/c1-31-22-15-18(28-14-12-25-16-28)7-8-20(22)29-13-10-21(30)23(27-29)19(9-11-24)26-17-5-3-2-4-6-17/h2-16H,24H2,1H3. The molecule has 0 saturated carbocycles. The highest BCUT2D eigenvalue weighted by atomic mass is 16.5. The summed E-state index contributed by atoms with van der Waals surface area (Å²) in [5.41, 5.74) is 8.12. The number of nitrogens with zero attached hydrogens (tertiary/aromatic N) is 5. The molecule has 0 aliphatic rings. The van der Waals surface area contributed by atoms with Crippen LogP contribution in [0, 0.1) is 0 Å². The number of para-hydroxylation sites is 1. The van der Waals surface area contributed by atoms with E-state index in [1.54, 1.807) is 36.6 Å². The van der Waals surface area contributed by atoms with E-state index < -0.39 is 0 Å². The molecule has 2 aromatic carbocycles. The number of hydrogen-bond donors (Lipinski definition) is 1. The molecule has 8 nitrogen and oxygen atoms in total. The summed E-state index contributed by atoms with van der Waals surface area (Å²) in [6.07, 6.45) is 9.73. The van der Waals surface area contributed by atoms with Gasteiger partial charge < -0.3 is 15.0 Å². The first kappa shape index (κ1) is 19.8. The first-order valence-electron chi connectivity index (χ1n) is 9.48. The van der Waals surface area contributed by atoms with E-state index >= 15 is 0 Å². The molecule has 0 spiro atoms. The van der Waals surface area contributed by atoms with Crippen LogP contribution in [0.2, 0.25) is 0 Å². The third kappa shape index (κ3) is 4.27. The zero-order chi connectivity index (χ0) is 21.6. The Morgan fingerprint density at radius 3 is 2.68 bits per heavy atom. The Morgan fingerprint density at radius 2 is 1.97 bits per heavy atom. The molecular weight excluding hydrogens is 392 g/mol. The van der Waals surface area contributed by atoms with Crippen LogP contribution in [-0.4, -0.2) is 32.2 Å². The number of imidazole rings is 1. The summed E-state index contributed by atoms with van der Waals surface area (Å²) < 4.78 is 9.03. The predicted molar refractivity (Wildman–Crippen MR) is 119 cm³/mol. The van der Waals surface area contributed by atoms with Crippen LogP contribution in [0.25, 0.3) is 11.4 Å². The van der Waals surface area contributed by atoms with Crippen LogP contribution in [0.3, 0.4) is 0 Å². The van der Waals surface area contributed by atoms with Gasteiger partial charge in [-0.1, -0.05) is 18.2 Å². The number of benzene rings is 2. The smallest absolute Gasteiger partial charge is 0.209 e. The second-order valence-electron chi connectivity index (χ2n) is 6.49. The molecule has 4 aromatic rings. The number of hydrogen-bond acceptors (Lipinski definition) is 6. The lowest BCUT2D eigenvalue weighted by Crippen LogP contribution is -2.20. The van der Waals surface area contributed by atoms with Crippen molar-refractivity contribution < 1.29 is 4.74 Å². The molecule has 2 N–H and O–H groups in total. The lowest BCUT2D eigenvalue weighted by molar-refractivity contribution is 0.411. The highest BCUT2D eigenvalue weighted by Crippen LogP contribution is 2.25. The normalized spacial score (nSPS) is 11.7. The molecule has 8 heteroatoms. The lowest BCUT2D eigenvalue weighted by atomic mass is 10.2. The fraction of sp³-hybridized carbons (Fsp3) is 0.0435. The Balaban J connectivity index is 1.81. The average molecular weight is 412 g/mol. The number of nitrogens with two attached hydrogens (primary N) is 1. The van der Waals surface area contributed by atoms with Crippen LogP contribution in [0.15, 0.2) is 102 Å². The zero-order valence-corrected chi connectivity index (χ0v) is 16.8. The van der Waals surface area contributed by atoms with Crippen molar-refractivity contribution in [1.29, 1.82) is 0 Å². The Bertz CT molecular complexity index is 1290. The summed E-state index contributed by atoms with van der Waals surface area (Å²) in [7, 11) is 1.58. The molecule has 0 amide bonds. The molecule has 31 heavy (non-hydrogen) atoms. The SMILES string of the molecule is COc1cc(-n2ccnc2)ccc1-n1ccc(=O)c(C(C=CN)=Nc2ccccc2)n1. The molecule has 154 valence electrons. The van der Waals surface area contributed by atoms with Crippen molar-refractivity contribution in [2.75, 3.05) is 7.11 Å². The van der Waals surface area contributed by atoms with Crippen LogP contribution >= 0.6 is 0 Å². The van der Waals surface area contributed by atoms with Gasteiger partial charge >= 0.3 is 0 Å². The van der Waals surface area contributed by atoms with E-state index in [0.717, 1.165) is 5.69 Å². The monoisotopic (exact) mass is 412 g/mol. The predicted octanol–water partition coefficient (Wildman–Crippen LogP) is 3.02. The molecule has 0 atom stereocenters. The van der Waals surface area contributed by atoms with E-state index in [9.17, 15) is 4.79 Å². The van der Waals surface area contributed by atoms with Crippen LogP contribution in [0.1, 0.15) is 5.69 Å². The number of methoxy groups -OCH3 is 1. The van der Waals surface area contributed by atoms with Gasteiger partial charge in [0.15, 0.2) is 5.69 Å². The van der Waals surface area contributed by atoms with Gasteiger partial charge in [-0.15, -0.1) is 0 Å². The van der Waals surface area contributed by atoms with E-state index in [2.05, 4.69) is 15.1 Å². The number of aliphatic imine (C=N–C) groups is 1. The summed E-state index contributed by atoms with van der Waals surface area (Å²) in [6.45, 7) is 0. The van der Waals surface area contributed by atoms with Crippen LogP contribution in [0.5, 0.6) is 5.75 Å². The summed E-state index contributed by atoms with van der Waals surface area (Å²) in [5.74, 6) is 0.587. The van der Waals surface area contributed by atoms with Crippen LogP contribution in [0.4, 0.5) is 5.69 Å². The van der Waals surface area contributed by atoms with Gasteiger partial charge in [0.2, 0.25) is 5.43 Å². The van der Waals surface area contributed by atoms with E-state index in [4.69, 9.17) is 10.5 Å². The highest BCUT2D eigenvalue weighted by Gasteiger charge is 2.13. The van der Waals surface area contributed by atoms with Crippen LogP contribution < -0.4 is 15.9 Å². The average Bonchev–Trinajstić information content (AvgIpc) is 3.35. The van der Waals surface area contributed by atoms with Crippen molar-refractivity contribution in [3.63, 3.8) is 0 Å². The topological polar surface area (TPSA) is 100 Å². The largest absolute Gasteiger partial charge is 0.494 e. The van der Waals surface area contributed by atoms with Crippen molar-refractivity contribution in [1.82, 2.24) is 19.3 Å². The summed E-state index contributed by atoms with van der Waals surface area (Å²) in [6, 6.07) is 16.4. The van der Waals surface area contributed by atoms with Crippen molar-refractivity contribution in [3.05, 3.63) is 108 Å². The highest BCUT2D eigenvalue weighted by molar-refractivity contribution is 6.08. The van der Waals surface area contributed by atoms with Crippen molar-refractivity contribution in [2.45, 2.75) is 0 Å². The van der Waals surface area contributed by atoms with Crippen molar-refractivity contribution in [3.8, 4) is 17.1 Å². The number of aromatic nitrogens is 4. The molecule has 0 unspecified atom stereocenters. The third-order valence-electron chi connectivity index (χ3n) is 4.52. The molecule has 0 radical (unpaired) electrons. The zero-order valence-electron chi connectivity index (χ0n) is 16.8. The Labute approximate surface area is 178 Å². The van der Waals surface area contributed by atoms with E-state index in [1.807, 2.05) is 59.3 Å². The van der Waals surface area contributed by atoms with E-state index in [-0.39, 0.29) is 11.1 Å². The second kappa shape index (κ2) is 8.91. The molecule has 0 bridgehead atoms. The minimum Gasteiger partial charge on any atom is -0.494 e. The fourth-order valence-electron chi connectivity index (χ4n) is 3.05. The molecule has 4 rings (SSSR count). The minimum absolute atomic E-state index is 0.175. The van der Waals surface area contributed by atoms with Gasteiger partial charge in [0.1, 0.15) is 11.4 Å². The van der Waals surface area contributed by atoms with Gasteiger partial charge in [0.05, 0.1) is 30.5 Å². The Hall–Kier alpha value is -4.46. The first-order chi connectivity index (χ1) is 15.2.